The fourth-order valence-corrected chi connectivity index (χ4v) is 6.41. The number of nitrogens with one attached hydrogen (secondary N) is 1. The topological polar surface area (TPSA) is 95.9 Å². The highest BCUT2D eigenvalue weighted by atomic mass is 32.2. The molecule has 2 N–H and O–H groups in total. The van der Waals surface area contributed by atoms with Gasteiger partial charge in [-0.25, -0.2) is 0 Å². The molecule has 0 fully saturated rings. The predicted octanol–water partition coefficient (Wildman–Crippen LogP) is 6.77. The number of thioether (sulfide) groups is 1. The Labute approximate surface area is 290 Å². The number of benzene rings is 3. The molecule has 0 saturated heterocycles. The average molecular weight is 671 g/mol. The Bertz CT molecular complexity index is 1390. The van der Waals surface area contributed by atoms with E-state index in [4.69, 9.17) is 4.74 Å². The van der Waals surface area contributed by atoms with E-state index in [1.807, 2.05) is 84.9 Å². The monoisotopic (exact) mass is 670 g/mol. The normalized spacial score (nSPS) is 12.7. The lowest BCUT2D eigenvalue weighted by molar-refractivity contribution is -0.150. The minimum Gasteiger partial charge on any atom is -0.463 e. The third kappa shape index (κ3) is 14.3. The van der Waals surface area contributed by atoms with Crippen LogP contribution in [0.2, 0.25) is 0 Å². The van der Waals surface area contributed by atoms with Gasteiger partial charge in [0.1, 0.15) is 6.61 Å². The van der Waals surface area contributed by atoms with Gasteiger partial charge in [-0.3, -0.25) is 14.4 Å². The van der Waals surface area contributed by atoms with Crippen molar-refractivity contribution in [1.29, 1.82) is 0 Å². The van der Waals surface area contributed by atoms with Crippen LogP contribution in [-0.2, 0) is 37.8 Å². The molecule has 0 heterocycles. The average Bonchev–Trinajstić information content (AvgIpc) is 3.11. The molecule has 2 amide bonds. The van der Waals surface area contributed by atoms with Gasteiger partial charge < -0.3 is 20.1 Å². The second-order valence-electron chi connectivity index (χ2n) is 11.9. The number of allylic oxidation sites excluding steroid dienone is 2. The maximum absolute atomic E-state index is 13.7. The van der Waals surface area contributed by atoms with Crippen LogP contribution in [0.1, 0.15) is 48.8 Å². The summed E-state index contributed by atoms with van der Waals surface area (Å²) < 4.78 is 5.91. The Morgan fingerprint density at radius 3 is 2.08 bits per heavy atom. The fraction of sp³-hybridized carbons (Fsp3) is 0.375. The molecule has 8 heteroatoms. The van der Waals surface area contributed by atoms with E-state index in [1.54, 1.807) is 22.7 Å². The first-order chi connectivity index (χ1) is 23.4. The zero-order chi connectivity index (χ0) is 34.4. The van der Waals surface area contributed by atoms with Gasteiger partial charge >= 0.3 is 5.97 Å². The first-order valence-corrected chi connectivity index (χ1v) is 17.9. The van der Waals surface area contributed by atoms with Crippen molar-refractivity contribution in [2.24, 2.45) is 11.8 Å². The van der Waals surface area contributed by atoms with Crippen LogP contribution >= 0.6 is 11.8 Å². The minimum atomic E-state index is -0.658. The number of amides is 2. The van der Waals surface area contributed by atoms with Crippen LogP contribution in [0.3, 0.4) is 0 Å². The lowest BCUT2D eigenvalue weighted by Gasteiger charge is -2.26. The van der Waals surface area contributed by atoms with Crippen molar-refractivity contribution in [1.82, 2.24) is 10.2 Å². The van der Waals surface area contributed by atoms with Gasteiger partial charge in [0.05, 0.1) is 24.5 Å². The first kappa shape index (κ1) is 38.3. The lowest BCUT2D eigenvalue weighted by Crippen LogP contribution is -2.45. The molecule has 0 bridgehead atoms. The summed E-state index contributed by atoms with van der Waals surface area (Å²) in [4.78, 5) is 42.1. The minimum absolute atomic E-state index is 0.0263. The Kier molecular flexibility index (Phi) is 17.9. The van der Waals surface area contributed by atoms with Crippen molar-refractivity contribution in [3.05, 3.63) is 133 Å². The van der Waals surface area contributed by atoms with Crippen molar-refractivity contribution in [3.63, 3.8) is 0 Å². The van der Waals surface area contributed by atoms with E-state index < -0.39 is 12.0 Å². The van der Waals surface area contributed by atoms with Crippen molar-refractivity contribution < 1.29 is 24.2 Å². The second-order valence-corrected chi connectivity index (χ2v) is 12.9. The molecule has 3 atom stereocenters. The summed E-state index contributed by atoms with van der Waals surface area (Å²) in [5.41, 5.74) is 3.17. The summed E-state index contributed by atoms with van der Waals surface area (Å²) in [5, 5.41) is 12.7. The van der Waals surface area contributed by atoms with Gasteiger partial charge in [-0.15, -0.1) is 13.2 Å². The summed E-state index contributed by atoms with van der Waals surface area (Å²) in [5.74, 6) is -0.507. The molecule has 7 nitrogen and oxygen atoms in total. The molecule has 0 aromatic heterocycles. The number of esters is 1. The van der Waals surface area contributed by atoms with E-state index in [0.29, 0.717) is 31.6 Å². The number of unbranched alkanes of at least 4 members (excludes halogenated alkanes) is 1. The second kappa shape index (κ2) is 22.4. The molecule has 0 aliphatic rings. The number of carbonyl (C=O) groups excluding carboxylic acids is 3. The first-order valence-electron chi connectivity index (χ1n) is 16.7. The number of aliphatic hydroxyl groups excluding tert-OH is 1. The maximum atomic E-state index is 13.7. The third-order valence-corrected chi connectivity index (χ3v) is 9.18. The van der Waals surface area contributed by atoms with Gasteiger partial charge in [-0.2, -0.15) is 11.8 Å². The molecule has 0 spiro atoms. The van der Waals surface area contributed by atoms with E-state index in [-0.39, 0.29) is 49.9 Å². The van der Waals surface area contributed by atoms with E-state index in [0.717, 1.165) is 35.3 Å². The van der Waals surface area contributed by atoms with Crippen molar-refractivity contribution in [2.45, 2.75) is 56.9 Å². The number of hydrogen-bond donors (Lipinski definition) is 2. The van der Waals surface area contributed by atoms with Crippen LogP contribution in [-0.4, -0.2) is 59.3 Å². The smallest absolute Gasteiger partial charge is 0.309 e. The molecule has 3 aromatic carbocycles. The molecule has 3 aromatic rings. The zero-order valence-electron chi connectivity index (χ0n) is 27.9. The fourth-order valence-electron chi connectivity index (χ4n) is 5.40. The van der Waals surface area contributed by atoms with Gasteiger partial charge in [0.25, 0.3) is 0 Å². The summed E-state index contributed by atoms with van der Waals surface area (Å²) in [6.45, 7) is 7.99. The van der Waals surface area contributed by atoms with E-state index in [2.05, 4.69) is 30.6 Å². The maximum Gasteiger partial charge on any atom is 0.309 e. The molecule has 0 aliphatic heterocycles. The summed E-state index contributed by atoms with van der Waals surface area (Å²) in [6.07, 6.45) is 6.68. The van der Waals surface area contributed by atoms with E-state index >= 15 is 0 Å². The molecule has 0 radical (unpaired) electrons. The summed E-state index contributed by atoms with van der Waals surface area (Å²) in [6, 6.07) is 29.1. The van der Waals surface area contributed by atoms with Crippen LogP contribution < -0.4 is 5.32 Å². The van der Waals surface area contributed by atoms with E-state index in [1.165, 1.54) is 0 Å². The number of ether oxygens (including phenoxy) is 1. The molecule has 256 valence electrons. The Morgan fingerprint density at radius 1 is 0.854 bits per heavy atom. The van der Waals surface area contributed by atoms with Crippen molar-refractivity contribution in [2.75, 3.05) is 25.5 Å². The Morgan fingerprint density at radius 2 is 1.48 bits per heavy atom. The van der Waals surface area contributed by atoms with Crippen LogP contribution in [0.25, 0.3) is 0 Å². The predicted molar refractivity (Wildman–Crippen MR) is 195 cm³/mol. The van der Waals surface area contributed by atoms with Gasteiger partial charge in [0.15, 0.2) is 0 Å². The summed E-state index contributed by atoms with van der Waals surface area (Å²) in [7, 11) is 0. The molecular weight excluding hydrogens is 621 g/mol. The highest BCUT2D eigenvalue weighted by Gasteiger charge is 2.27. The number of carbonyl (C=O) groups is 3. The highest BCUT2D eigenvalue weighted by Crippen LogP contribution is 2.20. The number of nitrogens with zero attached hydrogens (tertiary/aromatic N) is 1. The van der Waals surface area contributed by atoms with Crippen LogP contribution in [0, 0.1) is 11.8 Å². The van der Waals surface area contributed by atoms with Crippen LogP contribution in [0.5, 0.6) is 0 Å². The highest BCUT2D eigenvalue weighted by molar-refractivity contribution is 7.98. The number of rotatable bonds is 23. The molecular formula is C40H50N2O5S. The quantitative estimate of drug-likeness (QED) is 0.0658. The van der Waals surface area contributed by atoms with Crippen molar-refractivity contribution in [3.8, 4) is 0 Å². The standard InChI is InChI=1S/C40H50N2O5S/c1-3-5-9-23-36(26-32-17-10-6-11-18-32)40(46)47-29-37(31-48-30-34-21-14-8-15-22-34)41-39(45)35(16-4-2)27-38(44)42(24-25-43)28-33-19-12-7-13-20-33/h3-4,6-8,10-15,17-22,35-37,43H,1-2,5,9,16,23-31H2,(H,41,45). The van der Waals surface area contributed by atoms with Crippen molar-refractivity contribution >= 4 is 29.5 Å². The van der Waals surface area contributed by atoms with E-state index in [9.17, 15) is 19.5 Å². The lowest BCUT2D eigenvalue weighted by atomic mass is 9.94. The Hall–Kier alpha value is -4.14. The molecule has 3 rings (SSSR count). The number of aliphatic hydroxyl groups is 1. The molecule has 0 saturated carbocycles. The third-order valence-electron chi connectivity index (χ3n) is 8.00. The number of hydrogen-bond acceptors (Lipinski definition) is 6. The Balaban J connectivity index is 1.69. The molecule has 3 unspecified atom stereocenters. The van der Waals surface area contributed by atoms with Gasteiger partial charge in [0, 0.05) is 31.0 Å². The van der Waals surface area contributed by atoms with Gasteiger partial charge in [-0.05, 0) is 48.8 Å². The van der Waals surface area contributed by atoms with Crippen LogP contribution in [0.15, 0.2) is 116 Å². The van der Waals surface area contributed by atoms with Crippen LogP contribution in [0.4, 0.5) is 0 Å². The molecule has 48 heavy (non-hydrogen) atoms. The zero-order valence-corrected chi connectivity index (χ0v) is 28.7. The van der Waals surface area contributed by atoms with Gasteiger partial charge in [-0.1, -0.05) is 103 Å². The summed E-state index contributed by atoms with van der Waals surface area (Å²) >= 11 is 1.65. The molecule has 0 aliphatic carbocycles. The van der Waals surface area contributed by atoms with Gasteiger partial charge in [0.2, 0.25) is 11.8 Å². The largest absolute Gasteiger partial charge is 0.463 e. The SMILES string of the molecule is C=CCCCC(Cc1ccccc1)C(=O)OCC(CSCc1ccccc1)NC(=O)C(CC=C)CC(=O)N(CCO)Cc1ccccc1.